The Balaban J connectivity index is 1.61. The number of rotatable bonds is 5. The first kappa shape index (κ1) is 17.3. The Hall–Kier alpha value is -3.16. The zero-order valence-electron chi connectivity index (χ0n) is 15.1. The van der Waals surface area contributed by atoms with Crippen LogP contribution in [0.15, 0.2) is 42.6 Å². The fourth-order valence-electron chi connectivity index (χ4n) is 3.68. The van der Waals surface area contributed by atoms with Crippen LogP contribution in [0.3, 0.4) is 0 Å². The molecule has 1 fully saturated rings. The molecule has 0 bridgehead atoms. The van der Waals surface area contributed by atoms with Crippen LogP contribution in [-0.2, 0) is 0 Å². The lowest BCUT2D eigenvalue weighted by Crippen LogP contribution is -2.35. The van der Waals surface area contributed by atoms with Gasteiger partial charge in [-0.1, -0.05) is 6.07 Å². The Morgan fingerprint density at radius 1 is 1.30 bits per heavy atom. The number of ether oxygens (including phenoxy) is 1. The number of aromatic nitrogens is 3. The number of nitro groups is 1. The summed E-state index contributed by atoms with van der Waals surface area (Å²) in [7, 11) is 0. The Labute approximate surface area is 156 Å². The van der Waals surface area contributed by atoms with Gasteiger partial charge in [0.15, 0.2) is 11.4 Å². The summed E-state index contributed by atoms with van der Waals surface area (Å²) in [6.45, 7) is 3.90. The smallest absolute Gasteiger partial charge is 0.311 e. The summed E-state index contributed by atoms with van der Waals surface area (Å²) >= 11 is 0. The predicted octanol–water partition coefficient (Wildman–Crippen LogP) is 3.42. The van der Waals surface area contributed by atoms with E-state index in [1.807, 2.05) is 35.7 Å². The summed E-state index contributed by atoms with van der Waals surface area (Å²) in [4.78, 5) is 13.0. The average Bonchev–Trinajstić information content (AvgIpc) is 3.12. The molecule has 1 aromatic carbocycles. The molecule has 0 aliphatic carbocycles. The molecule has 0 spiro atoms. The summed E-state index contributed by atoms with van der Waals surface area (Å²) in [6.07, 6.45) is 4.05. The van der Waals surface area contributed by atoms with Crippen LogP contribution in [-0.4, -0.2) is 39.2 Å². The third-order valence-electron chi connectivity index (χ3n) is 4.93. The molecule has 1 aliphatic heterocycles. The highest BCUT2D eigenvalue weighted by molar-refractivity contribution is 5.59. The van der Waals surface area contributed by atoms with Crippen LogP contribution >= 0.6 is 0 Å². The molecule has 3 aromatic rings. The van der Waals surface area contributed by atoms with Crippen molar-refractivity contribution in [1.82, 2.24) is 14.6 Å². The molecular formula is C19H21N5O3. The maximum Gasteiger partial charge on any atom is 0.311 e. The van der Waals surface area contributed by atoms with Gasteiger partial charge < -0.3 is 9.64 Å². The molecule has 3 heterocycles. The van der Waals surface area contributed by atoms with Crippen molar-refractivity contribution in [3.05, 3.63) is 58.5 Å². The fraction of sp³-hybridized carbons (Fsp3) is 0.368. The minimum Gasteiger partial charge on any atom is -0.487 e. The Morgan fingerprint density at radius 3 is 3.00 bits per heavy atom. The summed E-state index contributed by atoms with van der Waals surface area (Å²) in [5.41, 5.74) is 1.78. The number of anilines is 1. The van der Waals surface area contributed by atoms with E-state index >= 15 is 0 Å². The number of piperidine rings is 1. The maximum atomic E-state index is 11.2. The van der Waals surface area contributed by atoms with Gasteiger partial charge in [-0.25, -0.2) is 0 Å². The molecule has 27 heavy (non-hydrogen) atoms. The monoisotopic (exact) mass is 367 g/mol. The van der Waals surface area contributed by atoms with Gasteiger partial charge in [-0.15, -0.1) is 10.2 Å². The molecule has 0 N–H and O–H groups in total. The molecule has 1 unspecified atom stereocenters. The lowest BCUT2D eigenvalue weighted by molar-refractivity contribution is -0.385. The van der Waals surface area contributed by atoms with Crippen molar-refractivity contribution in [1.29, 1.82) is 0 Å². The van der Waals surface area contributed by atoms with E-state index in [2.05, 4.69) is 15.1 Å². The Morgan fingerprint density at radius 2 is 2.19 bits per heavy atom. The number of nitrogens with zero attached hydrogens (tertiary/aromatic N) is 5. The van der Waals surface area contributed by atoms with E-state index < -0.39 is 4.92 Å². The molecule has 1 atom stereocenters. The van der Waals surface area contributed by atoms with Crippen molar-refractivity contribution in [3.63, 3.8) is 0 Å². The average molecular weight is 367 g/mol. The molecule has 140 valence electrons. The van der Waals surface area contributed by atoms with E-state index in [-0.39, 0.29) is 11.6 Å². The number of hydrogen-bond donors (Lipinski definition) is 0. The highest BCUT2D eigenvalue weighted by Crippen LogP contribution is 2.35. The minimum atomic E-state index is -0.407. The van der Waals surface area contributed by atoms with Gasteiger partial charge in [0.05, 0.1) is 11.5 Å². The van der Waals surface area contributed by atoms with E-state index in [0.29, 0.717) is 12.4 Å². The van der Waals surface area contributed by atoms with E-state index in [1.54, 1.807) is 12.1 Å². The second-order valence-electron chi connectivity index (χ2n) is 6.61. The lowest BCUT2D eigenvalue weighted by atomic mass is 9.96. The van der Waals surface area contributed by atoms with Crippen LogP contribution in [0.4, 0.5) is 11.4 Å². The lowest BCUT2D eigenvalue weighted by Gasteiger charge is -2.33. The molecule has 8 nitrogen and oxygen atoms in total. The molecule has 0 saturated carbocycles. The molecule has 1 saturated heterocycles. The number of hydrogen-bond acceptors (Lipinski definition) is 6. The molecular weight excluding hydrogens is 346 g/mol. The van der Waals surface area contributed by atoms with Crippen LogP contribution in [0.5, 0.6) is 5.75 Å². The Bertz CT molecular complexity index is 971. The fourth-order valence-corrected chi connectivity index (χ4v) is 3.68. The molecule has 1 aliphatic rings. The number of benzene rings is 1. The largest absolute Gasteiger partial charge is 0.487 e. The SMILES string of the molecule is CCOc1cc(N2CCCC(c3nnc4ccccn34)C2)ccc1[N+](=O)[O-]. The number of nitro benzene ring substituents is 1. The summed E-state index contributed by atoms with van der Waals surface area (Å²) in [6, 6.07) is 11.0. The van der Waals surface area contributed by atoms with E-state index in [1.165, 1.54) is 6.07 Å². The van der Waals surface area contributed by atoms with Gasteiger partial charge in [0.1, 0.15) is 5.82 Å². The van der Waals surface area contributed by atoms with Crippen molar-refractivity contribution in [3.8, 4) is 5.75 Å². The highest BCUT2D eigenvalue weighted by Gasteiger charge is 2.26. The number of fused-ring (bicyclic) bond motifs is 1. The van der Waals surface area contributed by atoms with Gasteiger partial charge in [0.25, 0.3) is 0 Å². The van der Waals surface area contributed by atoms with Gasteiger partial charge in [0.2, 0.25) is 0 Å². The predicted molar refractivity (Wildman–Crippen MR) is 101 cm³/mol. The first-order chi connectivity index (χ1) is 13.2. The Kier molecular flexibility index (Phi) is 4.62. The summed E-state index contributed by atoms with van der Waals surface area (Å²) < 4.78 is 7.53. The van der Waals surface area contributed by atoms with Gasteiger partial charge in [-0.05, 0) is 38.0 Å². The van der Waals surface area contributed by atoms with Crippen LogP contribution in [0, 0.1) is 10.1 Å². The zero-order chi connectivity index (χ0) is 18.8. The van der Waals surface area contributed by atoms with Crippen LogP contribution in [0.25, 0.3) is 5.65 Å². The highest BCUT2D eigenvalue weighted by atomic mass is 16.6. The van der Waals surface area contributed by atoms with Crippen molar-refractivity contribution < 1.29 is 9.66 Å². The summed E-state index contributed by atoms with van der Waals surface area (Å²) in [5, 5.41) is 19.9. The maximum absolute atomic E-state index is 11.2. The van der Waals surface area contributed by atoms with E-state index in [4.69, 9.17) is 4.74 Å². The van der Waals surface area contributed by atoms with Gasteiger partial charge in [-0.3, -0.25) is 14.5 Å². The van der Waals surface area contributed by atoms with Crippen molar-refractivity contribution in [2.75, 3.05) is 24.6 Å². The molecule has 8 heteroatoms. The number of pyridine rings is 1. The van der Waals surface area contributed by atoms with Crippen LogP contribution in [0.1, 0.15) is 31.5 Å². The second-order valence-corrected chi connectivity index (χ2v) is 6.61. The van der Waals surface area contributed by atoms with E-state index in [0.717, 1.165) is 43.1 Å². The second kappa shape index (κ2) is 7.22. The first-order valence-electron chi connectivity index (χ1n) is 9.13. The third kappa shape index (κ3) is 3.30. The van der Waals surface area contributed by atoms with Crippen LogP contribution < -0.4 is 9.64 Å². The van der Waals surface area contributed by atoms with Crippen molar-refractivity contribution in [2.24, 2.45) is 0 Å². The molecule has 4 rings (SSSR count). The van der Waals surface area contributed by atoms with Crippen LogP contribution in [0.2, 0.25) is 0 Å². The minimum absolute atomic E-state index is 0.00221. The topological polar surface area (TPSA) is 85.8 Å². The standard InChI is InChI=1S/C19H21N5O3/c1-2-27-17-12-15(8-9-16(17)24(25)26)22-10-5-6-14(13-22)19-21-20-18-7-3-4-11-23(18)19/h3-4,7-9,11-12,14H,2,5-6,10,13H2,1H3. The van der Waals surface area contributed by atoms with Gasteiger partial charge >= 0.3 is 5.69 Å². The molecule has 0 radical (unpaired) electrons. The molecule has 0 amide bonds. The zero-order valence-corrected chi connectivity index (χ0v) is 15.1. The summed E-state index contributed by atoms with van der Waals surface area (Å²) in [5.74, 6) is 1.53. The molecule has 2 aromatic heterocycles. The van der Waals surface area contributed by atoms with Crippen molar-refractivity contribution >= 4 is 17.0 Å². The van der Waals surface area contributed by atoms with Gasteiger partial charge in [-0.2, -0.15) is 0 Å². The first-order valence-corrected chi connectivity index (χ1v) is 9.13. The van der Waals surface area contributed by atoms with Crippen molar-refractivity contribution in [2.45, 2.75) is 25.7 Å². The third-order valence-corrected chi connectivity index (χ3v) is 4.93. The van der Waals surface area contributed by atoms with E-state index in [9.17, 15) is 10.1 Å². The normalized spacial score (nSPS) is 17.2. The van der Waals surface area contributed by atoms with Gasteiger partial charge in [0, 0.05) is 43.0 Å². The quantitative estimate of drug-likeness (QED) is 0.507.